The molecule has 1 aliphatic rings. The van der Waals surface area contributed by atoms with Crippen LogP contribution in [-0.2, 0) is 14.6 Å². The molecule has 7 N–H and O–H groups in total. The number of nitrogen functional groups attached to an aromatic ring is 1. The van der Waals surface area contributed by atoms with E-state index in [-0.39, 0.29) is 39.2 Å². The monoisotopic (exact) mass is 618 g/mol. The summed E-state index contributed by atoms with van der Waals surface area (Å²) in [5.41, 5.74) is 11.4. The highest BCUT2D eigenvalue weighted by Gasteiger charge is 2.45. The summed E-state index contributed by atoms with van der Waals surface area (Å²) in [5.74, 6) is -6.94. The van der Waals surface area contributed by atoms with Crippen LogP contribution >= 0.6 is 0 Å². The first-order valence-corrected chi connectivity index (χ1v) is 14.0. The van der Waals surface area contributed by atoms with E-state index in [9.17, 15) is 27.8 Å². The number of aliphatic carboxylic acids is 1. The topological polar surface area (TPSA) is 215 Å². The van der Waals surface area contributed by atoms with E-state index in [4.69, 9.17) is 26.4 Å². The first-order chi connectivity index (χ1) is 20.1. The van der Waals surface area contributed by atoms with E-state index < -0.39 is 55.6 Å². The van der Waals surface area contributed by atoms with Gasteiger partial charge in [-0.2, -0.15) is 4.39 Å². The van der Waals surface area contributed by atoms with Crippen molar-refractivity contribution in [2.75, 3.05) is 20.1 Å². The molecule has 0 saturated carbocycles. The number of carboxylic acid groups (broad SMARTS) is 1. The maximum Gasteiger partial charge on any atom is 0.322 e. The van der Waals surface area contributed by atoms with Gasteiger partial charge in [0.25, 0.3) is 5.88 Å². The van der Waals surface area contributed by atoms with Gasteiger partial charge in [-0.15, -0.1) is 0 Å². The Hall–Kier alpha value is -4.83. The fraction of sp³-hybridized carbons (Fsp3) is 0.259. The molecule has 43 heavy (non-hydrogen) atoms. The van der Waals surface area contributed by atoms with E-state index in [1.807, 2.05) is 0 Å². The third-order valence-corrected chi connectivity index (χ3v) is 9.37. The van der Waals surface area contributed by atoms with Crippen LogP contribution in [0.15, 0.2) is 52.5 Å². The number of aromatic hydroxyl groups is 1. The predicted molar refractivity (Wildman–Crippen MR) is 151 cm³/mol. The number of carbonyl (C=O) groups is 1. The van der Waals surface area contributed by atoms with Gasteiger partial charge in [-0.3, -0.25) is 15.2 Å². The second kappa shape index (κ2) is 11.4. The van der Waals surface area contributed by atoms with Gasteiger partial charge in [-0.1, -0.05) is 0 Å². The number of benzene rings is 2. The molecule has 0 bridgehead atoms. The number of aliphatic imine (C=N–C) groups is 1. The Morgan fingerprint density at radius 1 is 1.16 bits per heavy atom. The number of ether oxygens (including phenoxy) is 2. The van der Waals surface area contributed by atoms with E-state index in [2.05, 4.69) is 9.98 Å². The maximum absolute atomic E-state index is 15.6. The minimum atomic E-state index is -4.37. The molecule has 1 aliphatic heterocycles. The standard InChI is InChI=1S/C27H28F2N6O7S/c1-27(2,22(30)26(37)38)43(39,40)14-5-7-18(15(11-14)24-33-8-9-35(24)3)41-21-16(28)12-34-25(20(21)29)42-19-10-13(23(31)32)4-6-17(19)36/h4-7,10-12,22,36H,8-9,30H2,1-3H3,(H3,31,32)(H,37,38). The van der Waals surface area contributed by atoms with Crippen molar-refractivity contribution in [2.24, 2.45) is 16.5 Å². The maximum atomic E-state index is 15.6. The molecule has 4 rings (SSSR count). The number of hydrogen-bond donors (Lipinski definition) is 5. The number of phenolic OH excluding ortho intramolecular Hbond substituents is 1. The van der Waals surface area contributed by atoms with Gasteiger partial charge in [-0.25, -0.2) is 17.8 Å². The summed E-state index contributed by atoms with van der Waals surface area (Å²) in [5, 5.41) is 27.0. The van der Waals surface area contributed by atoms with Gasteiger partial charge in [0.15, 0.2) is 27.2 Å². The minimum absolute atomic E-state index is 0.0469. The van der Waals surface area contributed by atoms with Gasteiger partial charge in [0.05, 0.1) is 27.9 Å². The zero-order valence-corrected chi connectivity index (χ0v) is 23.9. The van der Waals surface area contributed by atoms with E-state index in [1.165, 1.54) is 26.0 Å². The number of aromatic nitrogens is 1. The SMILES string of the molecule is CN1CCN=C1c1cc(S(=O)(=O)C(C)(C)C(N)C(=O)O)ccc1Oc1c(F)cnc(Oc2cc(C(=N)N)ccc2O)c1F. The fourth-order valence-electron chi connectivity index (χ4n) is 4.11. The molecule has 0 fully saturated rings. The average Bonchev–Trinajstić information content (AvgIpc) is 3.38. The fourth-order valence-corrected chi connectivity index (χ4v) is 5.67. The van der Waals surface area contributed by atoms with Crippen LogP contribution in [0.1, 0.15) is 25.0 Å². The molecule has 0 saturated heterocycles. The van der Waals surface area contributed by atoms with Crippen LogP contribution in [0.2, 0.25) is 0 Å². The molecule has 0 amide bonds. The molecule has 2 heterocycles. The summed E-state index contributed by atoms with van der Waals surface area (Å²) in [7, 11) is -2.71. The molecule has 0 radical (unpaired) electrons. The first-order valence-electron chi connectivity index (χ1n) is 12.6. The van der Waals surface area contributed by atoms with Crippen molar-refractivity contribution < 1.29 is 41.7 Å². The number of nitrogens with one attached hydrogen (secondary N) is 1. The highest BCUT2D eigenvalue weighted by Crippen LogP contribution is 2.39. The largest absolute Gasteiger partial charge is 0.504 e. The quantitative estimate of drug-likeness (QED) is 0.164. The Kier molecular flexibility index (Phi) is 8.28. The van der Waals surface area contributed by atoms with Gasteiger partial charge in [0.1, 0.15) is 23.5 Å². The molecule has 1 unspecified atom stereocenters. The van der Waals surface area contributed by atoms with Crippen molar-refractivity contribution >= 4 is 27.5 Å². The van der Waals surface area contributed by atoms with Crippen molar-refractivity contribution in [3.05, 3.63) is 65.4 Å². The lowest BCUT2D eigenvalue weighted by atomic mass is 10.1. The number of sulfone groups is 1. The Morgan fingerprint density at radius 2 is 1.86 bits per heavy atom. The van der Waals surface area contributed by atoms with Gasteiger partial charge in [0, 0.05) is 19.2 Å². The summed E-state index contributed by atoms with van der Waals surface area (Å²) >= 11 is 0. The Bertz CT molecular complexity index is 1760. The molecule has 3 aromatic rings. The van der Waals surface area contributed by atoms with Crippen LogP contribution in [-0.4, -0.2) is 77.1 Å². The average molecular weight is 619 g/mol. The molecule has 16 heteroatoms. The number of rotatable bonds is 10. The summed E-state index contributed by atoms with van der Waals surface area (Å²) in [6.45, 7) is 3.16. The van der Waals surface area contributed by atoms with Crippen LogP contribution in [0.4, 0.5) is 8.78 Å². The molecular formula is C27H28F2N6O7S. The molecule has 228 valence electrons. The van der Waals surface area contributed by atoms with E-state index in [0.29, 0.717) is 19.3 Å². The number of amidine groups is 2. The third-order valence-electron chi connectivity index (χ3n) is 6.86. The Balaban J connectivity index is 1.79. The molecule has 0 spiro atoms. The Morgan fingerprint density at radius 3 is 2.47 bits per heavy atom. The van der Waals surface area contributed by atoms with E-state index in [1.54, 1.807) is 11.9 Å². The number of hydrogen-bond acceptors (Lipinski definition) is 11. The van der Waals surface area contributed by atoms with Crippen LogP contribution in [0.25, 0.3) is 0 Å². The first kappa shape index (κ1) is 31.1. The van der Waals surface area contributed by atoms with Crippen molar-refractivity contribution in [1.29, 1.82) is 5.41 Å². The van der Waals surface area contributed by atoms with Gasteiger partial charge < -0.3 is 36.1 Å². The smallest absolute Gasteiger partial charge is 0.322 e. The van der Waals surface area contributed by atoms with Gasteiger partial charge >= 0.3 is 5.97 Å². The molecule has 13 nitrogen and oxygen atoms in total. The van der Waals surface area contributed by atoms with Crippen LogP contribution in [0.3, 0.4) is 0 Å². The Labute approximate surface area is 244 Å². The van der Waals surface area contributed by atoms with Crippen molar-refractivity contribution in [3.8, 4) is 28.9 Å². The van der Waals surface area contributed by atoms with E-state index in [0.717, 1.165) is 24.3 Å². The highest BCUT2D eigenvalue weighted by molar-refractivity contribution is 7.92. The van der Waals surface area contributed by atoms with Crippen LogP contribution in [0, 0.1) is 17.0 Å². The number of carboxylic acids is 1. The predicted octanol–water partition coefficient (Wildman–Crippen LogP) is 2.59. The zero-order valence-electron chi connectivity index (χ0n) is 23.1. The van der Waals surface area contributed by atoms with Gasteiger partial charge in [0.2, 0.25) is 11.6 Å². The van der Waals surface area contributed by atoms with Gasteiger partial charge in [-0.05, 0) is 50.2 Å². The van der Waals surface area contributed by atoms with Crippen LogP contribution < -0.4 is 20.9 Å². The van der Waals surface area contributed by atoms with Crippen molar-refractivity contribution in [2.45, 2.75) is 29.5 Å². The molecule has 0 aliphatic carbocycles. The summed E-state index contributed by atoms with van der Waals surface area (Å²) in [4.78, 5) is 20.8. The molecule has 1 atom stereocenters. The lowest BCUT2D eigenvalue weighted by molar-refractivity contribution is -0.139. The molecular weight excluding hydrogens is 590 g/mol. The number of nitrogens with two attached hydrogens (primary N) is 2. The molecule has 1 aromatic heterocycles. The third kappa shape index (κ3) is 5.78. The summed E-state index contributed by atoms with van der Waals surface area (Å²) < 4.78 is 66.5. The summed E-state index contributed by atoms with van der Waals surface area (Å²) in [6.07, 6.45) is 0.618. The minimum Gasteiger partial charge on any atom is -0.504 e. The number of nitrogens with zero attached hydrogens (tertiary/aromatic N) is 3. The number of likely N-dealkylation sites (N-methyl/N-ethyl adjacent to an activating group) is 1. The summed E-state index contributed by atoms with van der Waals surface area (Å²) in [6, 6.07) is 5.31. The molecule has 2 aromatic carbocycles. The van der Waals surface area contributed by atoms with Crippen molar-refractivity contribution in [3.63, 3.8) is 0 Å². The lowest BCUT2D eigenvalue weighted by Gasteiger charge is -2.29. The lowest BCUT2D eigenvalue weighted by Crippen LogP contribution is -2.53. The zero-order chi connectivity index (χ0) is 31.9. The normalized spacial score (nSPS) is 14.3. The van der Waals surface area contributed by atoms with E-state index >= 15 is 4.39 Å². The highest BCUT2D eigenvalue weighted by atomic mass is 32.2. The number of phenols is 1. The van der Waals surface area contributed by atoms with Crippen molar-refractivity contribution in [1.82, 2.24) is 9.88 Å². The second-order valence-electron chi connectivity index (χ2n) is 10.1. The number of halogens is 2. The second-order valence-corrected chi connectivity index (χ2v) is 12.6. The number of pyridine rings is 1. The van der Waals surface area contributed by atoms with Crippen LogP contribution in [0.5, 0.6) is 28.9 Å².